The van der Waals surface area contributed by atoms with Crippen LogP contribution in [0.3, 0.4) is 0 Å². The first-order valence-electron chi connectivity index (χ1n) is 9.00. The van der Waals surface area contributed by atoms with Crippen LogP contribution in [0.2, 0.25) is 0 Å². The number of amides is 1. The summed E-state index contributed by atoms with van der Waals surface area (Å²) >= 11 is 2.55. The van der Waals surface area contributed by atoms with E-state index in [1.54, 1.807) is 12.1 Å². The lowest BCUT2D eigenvalue weighted by atomic mass is 10.1. The van der Waals surface area contributed by atoms with Crippen LogP contribution in [0.15, 0.2) is 41.8 Å². The van der Waals surface area contributed by atoms with Gasteiger partial charge in [-0.3, -0.25) is 10.1 Å². The molecule has 5 rings (SSSR count). The van der Waals surface area contributed by atoms with Crippen LogP contribution in [-0.2, 0) is 11.3 Å². The highest BCUT2D eigenvalue weighted by molar-refractivity contribution is 7.21. The molecule has 30 heavy (non-hydrogen) atoms. The predicted octanol–water partition coefficient (Wildman–Crippen LogP) is 5.29. The molecular formula is C21H15FN2O4S2. The third-order valence-corrected chi connectivity index (χ3v) is 6.60. The first-order valence-corrected chi connectivity index (χ1v) is 10.7. The number of halogens is 1. The number of thiophene rings is 1. The van der Waals surface area contributed by atoms with Crippen molar-refractivity contribution in [2.75, 3.05) is 19.2 Å². The summed E-state index contributed by atoms with van der Waals surface area (Å²) in [6.07, 6.45) is 0. The van der Waals surface area contributed by atoms with Gasteiger partial charge < -0.3 is 14.2 Å². The molecule has 9 heteroatoms. The Bertz CT molecular complexity index is 1270. The molecule has 1 N–H and O–H groups in total. The van der Waals surface area contributed by atoms with Crippen LogP contribution in [0.5, 0.6) is 11.5 Å². The molecule has 6 nitrogen and oxygen atoms in total. The fraction of sp³-hybridized carbons (Fsp3) is 0.143. The molecule has 1 aliphatic heterocycles. The lowest BCUT2D eigenvalue weighted by molar-refractivity contribution is 0.102. The molecule has 0 bridgehead atoms. The average Bonchev–Trinajstić information content (AvgIpc) is 3.46. The normalized spacial score (nSPS) is 12.5. The highest BCUT2D eigenvalue weighted by Crippen LogP contribution is 2.37. The molecule has 0 atom stereocenters. The van der Waals surface area contributed by atoms with Crippen LogP contribution >= 0.6 is 22.7 Å². The monoisotopic (exact) mass is 442 g/mol. The van der Waals surface area contributed by atoms with Gasteiger partial charge in [-0.2, -0.15) is 0 Å². The topological polar surface area (TPSA) is 69.7 Å². The predicted molar refractivity (Wildman–Crippen MR) is 114 cm³/mol. The standard InChI is InChI=1S/C21H15FN2O4S2/c1-26-8-12-18-13(22)3-2-4-17(18)30-19(12)20(25)24-21-23-14(9-29-21)11-5-6-15-16(7-11)28-10-27-15/h2-7,9H,8,10H2,1H3,(H,23,24,25). The molecule has 1 aliphatic rings. The molecular weight excluding hydrogens is 427 g/mol. The number of rotatable bonds is 5. The zero-order valence-electron chi connectivity index (χ0n) is 15.7. The van der Waals surface area contributed by atoms with Crippen LogP contribution in [0, 0.1) is 5.82 Å². The highest BCUT2D eigenvalue weighted by Gasteiger charge is 2.22. The van der Waals surface area contributed by atoms with Gasteiger partial charge in [0.25, 0.3) is 5.91 Å². The number of anilines is 1. The van der Waals surface area contributed by atoms with Gasteiger partial charge in [-0.05, 0) is 30.3 Å². The molecule has 0 unspecified atom stereocenters. The number of hydrogen-bond acceptors (Lipinski definition) is 7. The number of fused-ring (bicyclic) bond motifs is 2. The SMILES string of the molecule is COCc1c(C(=O)Nc2nc(-c3ccc4c(c3)OCO4)cs2)sc2cccc(F)c12. The maximum absolute atomic E-state index is 14.3. The molecule has 2 aromatic heterocycles. The van der Waals surface area contributed by atoms with Gasteiger partial charge in [0.2, 0.25) is 6.79 Å². The maximum atomic E-state index is 14.3. The third-order valence-electron chi connectivity index (χ3n) is 4.65. The smallest absolute Gasteiger partial charge is 0.267 e. The Kier molecular flexibility index (Phi) is 4.86. The molecule has 1 amide bonds. The Morgan fingerprint density at radius 1 is 1.27 bits per heavy atom. The van der Waals surface area contributed by atoms with E-state index in [0.717, 1.165) is 5.56 Å². The summed E-state index contributed by atoms with van der Waals surface area (Å²) in [6, 6.07) is 10.4. The van der Waals surface area contributed by atoms with Gasteiger partial charge in [0.15, 0.2) is 16.6 Å². The van der Waals surface area contributed by atoms with Crippen molar-refractivity contribution >= 4 is 43.8 Å². The molecule has 0 saturated carbocycles. The summed E-state index contributed by atoms with van der Waals surface area (Å²) in [5, 5.41) is 5.56. The van der Waals surface area contributed by atoms with Crippen molar-refractivity contribution in [3.05, 3.63) is 58.0 Å². The number of ether oxygens (including phenoxy) is 3. The van der Waals surface area contributed by atoms with Gasteiger partial charge >= 0.3 is 0 Å². The summed E-state index contributed by atoms with van der Waals surface area (Å²) in [5.41, 5.74) is 2.12. The Labute approximate surface area is 178 Å². The number of nitrogens with zero attached hydrogens (tertiary/aromatic N) is 1. The van der Waals surface area contributed by atoms with E-state index < -0.39 is 0 Å². The Morgan fingerprint density at radius 2 is 2.13 bits per heavy atom. The van der Waals surface area contributed by atoms with E-state index in [-0.39, 0.29) is 25.1 Å². The van der Waals surface area contributed by atoms with Gasteiger partial charge in [0.1, 0.15) is 5.82 Å². The van der Waals surface area contributed by atoms with E-state index in [9.17, 15) is 9.18 Å². The zero-order chi connectivity index (χ0) is 20.7. The van der Waals surface area contributed by atoms with Crippen LogP contribution in [0.4, 0.5) is 9.52 Å². The second-order valence-electron chi connectivity index (χ2n) is 6.52. The van der Waals surface area contributed by atoms with Gasteiger partial charge in [-0.1, -0.05) is 6.07 Å². The van der Waals surface area contributed by atoms with E-state index >= 15 is 0 Å². The first kappa shape index (κ1) is 19.0. The van der Waals surface area contributed by atoms with E-state index in [1.807, 2.05) is 23.6 Å². The minimum absolute atomic E-state index is 0.143. The van der Waals surface area contributed by atoms with Crippen molar-refractivity contribution in [2.24, 2.45) is 0 Å². The number of nitrogens with one attached hydrogen (secondary N) is 1. The van der Waals surface area contributed by atoms with Crippen molar-refractivity contribution in [1.29, 1.82) is 0 Å². The van der Waals surface area contributed by atoms with Gasteiger partial charge in [-0.15, -0.1) is 22.7 Å². The molecule has 0 radical (unpaired) electrons. The first-order chi connectivity index (χ1) is 14.6. The molecule has 0 saturated heterocycles. The largest absolute Gasteiger partial charge is 0.454 e. The lowest BCUT2D eigenvalue weighted by Gasteiger charge is -2.04. The number of carbonyl (C=O) groups is 1. The highest BCUT2D eigenvalue weighted by atomic mass is 32.1. The van der Waals surface area contributed by atoms with Crippen molar-refractivity contribution in [1.82, 2.24) is 4.98 Å². The number of aromatic nitrogens is 1. The molecule has 152 valence electrons. The summed E-state index contributed by atoms with van der Waals surface area (Å²) in [6.45, 7) is 0.348. The third kappa shape index (κ3) is 3.30. The number of hydrogen-bond donors (Lipinski definition) is 1. The van der Waals surface area contributed by atoms with Crippen molar-refractivity contribution in [3.8, 4) is 22.8 Å². The number of carbonyl (C=O) groups excluding carboxylic acids is 1. The van der Waals surface area contributed by atoms with Crippen LogP contribution in [0.25, 0.3) is 21.3 Å². The van der Waals surface area contributed by atoms with E-state index in [0.29, 0.717) is 42.9 Å². The van der Waals surface area contributed by atoms with Crippen LogP contribution in [0.1, 0.15) is 15.2 Å². The Balaban J connectivity index is 1.43. The van der Waals surface area contributed by atoms with E-state index in [1.165, 1.54) is 35.8 Å². The Hall–Kier alpha value is -3.01. The summed E-state index contributed by atoms with van der Waals surface area (Å²) in [4.78, 5) is 17.9. The maximum Gasteiger partial charge on any atom is 0.267 e. The molecule has 0 spiro atoms. The number of methoxy groups -OCH3 is 1. The summed E-state index contributed by atoms with van der Waals surface area (Å²) in [5.74, 6) is 0.663. The van der Waals surface area contributed by atoms with Crippen LogP contribution < -0.4 is 14.8 Å². The minimum Gasteiger partial charge on any atom is -0.454 e. The molecule has 3 heterocycles. The molecule has 0 fully saturated rings. The summed E-state index contributed by atoms with van der Waals surface area (Å²) < 4.78 is 31.0. The fourth-order valence-corrected chi connectivity index (χ4v) is 5.14. The zero-order valence-corrected chi connectivity index (χ0v) is 17.4. The van der Waals surface area contributed by atoms with E-state index in [4.69, 9.17) is 14.2 Å². The fourth-order valence-electron chi connectivity index (χ4n) is 3.31. The molecule has 0 aliphatic carbocycles. The summed E-state index contributed by atoms with van der Waals surface area (Å²) in [7, 11) is 1.52. The average molecular weight is 442 g/mol. The lowest BCUT2D eigenvalue weighted by Crippen LogP contribution is -2.12. The quantitative estimate of drug-likeness (QED) is 0.455. The van der Waals surface area contributed by atoms with Crippen molar-refractivity contribution in [3.63, 3.8) is 0 Å². The van der Waals surface area contributed by atoms with Crippen molar-refractivity contribution < 1.29 is 23.4 Å². The second kappa shape index (κ2) is 7.67. The Morgan fingerprint density at radius 3 is 3.00 bits per heavy atom. The number of thiazole rings is 1. The molecule has 4 aromatic rings. The number of benzene rings is 2. The molecule has 2 aromatic carbocycles. The van der Waals surface area contributed by atoms with Crippen molar-refractivity contribution in [2.45, 2.75) is 6.61 Å². The van der Waals surface area contributed by atoms with E-state index in [2.05, 4.69) is 10.3 Å². The van der Waals surface area contributed by atoms with Gasteiger partial charge in [0, 0.05) is 33.7 Å². The minimum atomic E-state index is -0.366. The van der Waals surface area contributed by atoms with Gasteiger partial charge in [-0.25, -0.2) is 9.37 Å². The second-order valence-corrected chi connectivity index (χ2v) is 8.43. The van der Waals surface area contributed by atoms with Gasteiger partial charge in [0.05, 0.1) is 17.2 Å². The van der Waals surface area contributed by atoms with Crippen LogP contribution in [-0.4, -0.2) is 24.8 Å².